The Labute approximate surface area is 105 Å². The van der Waals surface area contributed by atoms with Crippen molar-refractivity contribution in [2.45, 2.75) is 18.4 Å². The summed E-state index contributed by atoms with van der Waals surface area (Å²) in [6.45, 7) is 0. The maximum absolute atomic E-state index is 11.9. The van der Waals surface area contributed by atoms with Crippen molar-refractivity contribution in [1.82, 2.24) is 19.9 Å². The molecular weight excluding hydrogens is 260 g/mol. The number of fused-ring (bicyclic) bond motifs is 1. The Morgan fingerprint density at radius 3 is 2.94 bits per heavy atom. The van der Waals surface area contributed by atoms with Gasteiger partial charge in [0.05, 0.1) is 5.02 Å². The van der Waals surface area contributed by atoms with Crippen molar-refractivity contribution in [1.29, 1.82) is 0 Å². The van der Waals surface area contributed by atoms with E-state index in [0.717, 1.165) is 0 Å². The average molecular weight is 269 g/mol. The summed E-state index contributed by atoms with van der Waals surface area (Å²) < 4.78 is 1.36. The number of amides is 1. The van der Waals surface area contributed by atoms with Crippen LogP contribution >= 0.6 is 11.6 Å². The molecule has 0 unspecified atom stereocenters. The second kappa shape index (κ2) is 3.49. The number of aromatic amines is 1. The van der Waals surface area contributed by atoms with E-state index in [-0.39, 0.29) is 11.1 Å². The van der Waals surface area contributed by atoms with Gasteiger partial charge in [-0.3, -0.25) is 4.79 Å². The molecule has 2 heterocycles. The number of hydrogen-bond acceptors (Lipinski definition) is 3. The Morgan fingerprint density at radius 1 is 1.61 bits per heavy atom. The molecule has 7 nitrogen and oxygen atoms in total. The Bertz CT molecular complexity index is 701. The largest absolute Gasteiger partial charge is 0.465 e. The van der Waals surface area contributed by atoms with Crippen molar-refractivity contribution in [3.8, 4) is 0 Å². The molecule has 3 rings (SSSR count). The third-order valence-corrected chi connectivity index (χ3v) is 3.33. The number of H-pyrrole nitrogens is 1. The number of carboxylic acid groups (broad SMARTS) is 1. The zero-order valence-electron chi connectivity index (χ0n) is 9.11. The fourth-order valence-electron chi connectivity index (χ4n) is 1.96. The van der Waals surface area contributed by atoms with Gasteiger partial charge in [-0.1, -0.05) is 11.6 Å². The first-order valence-corrected chi connectivity index (χ1v) is 5.68. The molecule has 1 fully saturated rings. The molecule has 0 aromatic carbocycles. The Kier molecular flexibility index (Phi) is 2.15. The van der Waals surface area contributed by atoms with Gasteiger partial charge in [-0.25, -0.2) is 9.31 Å². The highest BCUT2D eigenvalue weighted by atomic mass is 35.5. The van der Waals surface area contributed by atoms with Gasteiger partial charge in [-0.2, -0.15) is 5.10 Å². The predicted octanol–water partition coefficient (Wildman–Crippen LogP) is 0.933. The lowest BCUT2D eigenvalue weighted by molar-refractivity contribution is 0.187. The summed E-state index contributed by atoms with van der Waals surface area (Å²) in [5, 5.41) is 15.7. The smallest absolute Gasteiger partial charge is 0.405 e. The van der Waals surface area contributed by atoms with Crippen LogP contribution in [0.15, 0.2) is 17.1 Å². The molecule has 8 heteroatoms. The van der Waals surface area contributed by atoms with Crippen molar-refractivity contribution >= 4 is 23.2 Å². The minimum Gasteiger partial charge on any atom is -0.465 e. The molecule has 0 atom stereocenters. The lowest BCUT2D eigenvalue weighted by atomic mass is 10.2. The molecule has 3 N–H and O–H groups in total. The SMILES string of the molecule is O=C(O)NC1(c2nn3ccc(Cl)c3c(=O)[nH]2)CC1. The highest BCUT2D eigenvalue weighted by molar-refractivity contribution is 6.33. The topological polar surface area (TPSA) is 99.5 Å². The van der Waals surface area contributed by atoms with Crippen LogP contribution < -0.4 is 10.9 Å². The molecule has 0 spiro atoms. The van der Waals surface area contributed by atoms with E-state index in [9.17, 15) is 9.59 Å². The molecule has 0 bridgehead atoms. The summed E-state index contributed by atoms with van der Waals surface area (Å²) in [6, 6.07) is 1.56. The number of nitrogens with zero attached hydrogens (tertiary/aromatic N) is 2. The van der Waals surface area contributed by atoms with E-state index in [0.29, 0.717) is 23.7 Å². The molecule has 1 aliphatic rings. The average Bonchev–Trinajstić information content (AvgIpc) is 2.96. The molecule has 1 saturated carbocycles. The number of aromatic nitrogens is 3. The fraction of sp³-hybridized carbons (Fsp3) is 0.300. The maximum Gasteiger partial charge on any atom is 0.405 e. The van der Waals surface area contributed by atoms with E-state index in [1.165, 1.54) is 4.52 Å². The van der Waals surface area contributed by atoms with Crippen LogP contribution in [0.4, 0.5) is 4.79 Å². The van der Waals surface area contributed by atoms with Gasteiger partial charge in [0.2, 0.25) is 0 Å². The normalized spacial score (nSPS) is 16.7. The first-order chi connectivity index (χ1) is 8.52. The van der Waals surface area contributed by atoms with Crippen molar-refractivity contribution in [3.05, 3.63) is 33.5 Å². The number of halogens is 1. The second-order valence-electron chi connectivity index (χ2n) is 4.27. The molecule has 2 aromatic rings. The van der Waals surface area contributed by atoms with E-state index < -0.39 is 11.6 Å². The minimum absolute atomic E-state index is 0.256. The van der Waals surface area contributed by atoms with Crippen LogP contribution in [0.1, 0.15) is 18.7 Å². The number of carbonyl (C=O) groups is 1. The zero-order valence-corrected chi connectivity index (χ0v) is 9.86. The second-order valence-corrected chi connectivity index (χ2v) is 4.68. The highest BCUT2D eigenvalue weighted by Crippen LogP contribution is 2.43. The van der Waals surface area contributed by atoms with Crippen molar-refractivity contribution in [3.63, 3.8) is 0 Å². The van der Waals surface area contributed by atoms with E-state index in [4.69, 9.17) is 16.7 Å². The Balaban J connectivity index is 2.14. The number of nitrogens with one attached hydrogen (secondary N) is 2. The van der Waals surface area contributed by atoms with Crippen LogP contribution in [0.2, 0.25) is 5.02 Å². The van der Waals surface area contributed by atoms with E-state index in [2.05, 4.69) is 15.4 Å². The summed E-state index contributed by atoms with van der Waals surface area (Å²) >= 11 is 5.85. The Morgan fingerprint density at radius 2 is 2.33 bits per heavy atom. The first kappa shape index (κ1) is 11.1. The van der Waals surface area contributed by atoms with E-state index >= 15 is 0 Å². The lowest BCUT2D eigenvalue weighted by Crippen LogP contribution is -2.37. The van der Waals surface area contributed by atoms with Crippen LogP contribution in [0, 0.1) is 0 Å². The summed E-state index contributed by atoms with van der Waals surface area (Å²) in [5.41, 5.74) is -0.893. The Hall–Kier alpha value is -2.02. The van der Waals surface area contributed by atoms with Crippen LogP contribution in [0.25, 0.3) is 5.52 Å². The molecule has 2 aromatic heterocycles. The quantitative estimate of drug-likeness (QED) is 0.754. The number of rotatable bonds is 2. The van der Waals surface area contributed by atoms with Crippen molar-refractivity contribution in [2.75, 3.05) is 0 Å². The van der Waals surface area contributed by atoms with Crippen molar-refractivity contribution < 1.29 is 9.90 Å². The molecule has 18 heavy (non-hydrogen) atoms. The van der Waals surface area contributed by atoms with Gasteiger partial charge in [-0.15, -0.1) is 0 Å². The van der Waals surface area contributed by atoms with Gasteiger partial charge in [0, 0.05) is 6.20 Å². The lowest BCUT2D eigenvalue weighted by Gasteiger charge is -2.13. The van der Waals surface area contributed by atoms with Crippen LogP contribution in [0.5, 0.6) is 0 Å². The molecule has 0 aliphatic heterocycles. The van der Waals surface area contributed by atoms with Crippen LogP contribution in [0.3, 0.4) is 0 Å². The first-order valence-electron chi connectivity index (χ1n) is 5.31. The van der Waals surface area contributed by atoms with Gasteiger partial charge in [-0.05, 0) is 18.9 Å². The molecule has 0 radical (unpaired) electrons. The molecule has 0 saturated heterocycles. The molecule has 1 aliphatic carbocycles. The maximum atomic E-state index is 11.9. The van der Waals surface area contributed by atoms with E-state index in [1.54, 1.807) is 12.3 Å². The molecular formula is C10H9ClN4O3. The van der Waals surface area contributed by atoms with Gasteiger partial charge >= 0.3 is 6.09 Å². The van der Waals surface area contributed by atoms with Crippen LogP contribution in [-0.4, -0.2) is 25.8 Å². The number of hydrogen-bond donors (Lipinski definition) is 3. The van der Waals surface area contributed by atoms with Gasteiger partial charge in [0.1, 0.15) is 11.1 Å². The summed E-state index contributed by atoms with van der Waals surface area (Å²) in [7, 11) is 0. The van der Waals surface area contributed by atoms with Gasteiger partial charge < -0.3 is 15.4 Å². The van der Waals surface area contributed by atoms with E-state index in [1.807, 2.05) is 0 Å². The monoisotopic (exact) mass is 268 g/mol. The molecule has 1 amide bonds. The van der Waals surface area contributed by atoms with Crippen molar-refractivity contribution in [2.24, 2.45) is 0 Å². The summed E-state index contributed by atoms with van der Waals surface area (Å²) in [5.74, 6) is 0.315. The van der Waals surface area contributed by atoms with Gasteiger partial charge in [0.15, 0.2) is 5.82 Å². The van der Waals surface area contributed by atoms with Gasteiger partial charge in [0.25, 0.3) is 5.56 Å². The fourth-order valence-corrected chi connectivity index (χ4v) is 2.19. The van der Waals surface area contributed by atoms with Crippen LogP contribution in [-0.2, 0) is 5.54 Å². The zero-order chi connectivity index (χ0) is 12.9. The third-order valence-electron chi connectivity index (χ3n) is 3.02. The minimum atomic E-state index is -1.14. The summed E-state index contributed by atoms with van der Waals surface area (Å²) in [6.07, 6.45) is 1.65. The predicted molar refractivity (Wildman–Crippen MR) is 62.9 cm³/mol. The standard InChI is InChI=1S/C10H9ClN4O3/c11-5-1-4-15-6(5)7(16)12-8(14-15)10(2-3-10)13-9(17)18/h1,4,13H,2-3H2,(H,17,18)(H,12,14,16). The highest BCUT2D eigenvalue weighted by Gasteiger charge is 2.49. The third kappa shape index (κ3) is 1.55. The molecule has 94 valence electrons. The summed E-state index contributed by atoms with van der Waals surface area (Å²) in [4.78, 5) is 25.2.